The summed E-state index contributed by atoms with van der Waals surface area (Å²) in [4.78, 5) is 0. The molecule has 4 atom stereocenters. The van der Waals surface area contributed by atoms with E-state index in [-0.39, 0.29) is 17.4 Å². The van der Waals surface area contributed by atoms with Gasteiger partial charge in [-0.2, -0.15) is 0 Å². The second kappa shape index (κ2) is 3.67. The number of aliphatic hydroxyl groups is 2. The zero-order chi connectivity index (χ0) is 13.1. The summed E-state index contributed by atoms with van der Waals surface area (Å²) in [6.45, 7) is 9.88. The van der Waals surface area contributed by atoms with E-state index in [9.17, 15) is 10.2 Å². The Morgan fingerprint density at radius 2 is 1.82 bits per heavy atom. The average molecular weight is 244 g/mol. The summed E-state index contributed by atoms with van der Waals surface area (Å²) in [5.74, 6) is -0.726. The van der Waals surface area contributed by atoms with Crippen molar-refractivity contribution in [1.82, 2.24) is 0 Å². The van der Waals surface area contributed by atoms with E-state index < -0.39 is 17.5 Å². The number of aliphatic hydroxyl groups excluding tert-OH is 1. The second-order valence-electron chi connectivity index (χ2n) is 6.73. The van der Waals surface area contributed by atoms with E-state index in [0.717, 1.165) is 0 Å². The van der Waals surface area contributed by atoms with Gasteiger partial charge in [-0.15, -0.1) is 0 Å². The molecule has 2 rings (SSSR count). The average Bonchev–Trinajstić information content (AvgIpc) is 2.41. The Hall–Kier alpha value is -0.160. The van der Waals surface area contributed by atoms with Crippen molar-refractivity contribution >= 4 is 0 Å². The molecule has 0 spiro atoms. The Morgan fingerprint density at radius 1 is 1.24 bits per heavy atom. The normalized spacial score (nSPS) is 45.7. The number of hydrogen-bond acceptors (Lipinski definition) is 4. The third kappa shape index (κ3) is 2.12. The fourth-order valence-electron chi connectivity index (χ4n) is 3.60. The lowest BCUT2D eigenvalue weighted by Crippen LogP contribution is -2.64. The highest BCUT2D eigenvalue weighted by molar-refractivity contribution is 5.09. The molecular weight excluding hydrogens is 220 g/mol. The van der Waals surface area contributed by atoms with Crippen LogP contribution in [0.3, 0.4) is 0 Å². The van der Waals surface area contributed by atoms with E-state index >= 15 is 0 Å². The van der Waals surface area contributed by atoms with Crippen molar-refractivity contribution in [1.29, 1.82) is 0 Å². The first-order valence-corrected chi connectivity index (χ1v) is 6.28. The van der Waals surface area contributed by atoms with Crippen LogP contribution in [0.5, 0.6) is 0 Å². The minimum absolute atomic E-state index is 0.0580. The molecule has 2 aliphatic rings. The Morgan fingerprint density at radius 3 is 2.18 bits per heavy atom. The first-order chi connectivity index (χ1) is 7.56. The molecule has 1 saturated carbocycles. The molecule has 1 heterocycles. The minimum Gasteiger partial charge on any atom is -0.393 e. The Balaban J connectivity index is 2.15. The Kier molecular flexibility index (Phi) is 2.86. The molecule has 2 fully saturated rings. The van der Waals surface area contributed by atoms with Crippen molar-refractivity contribution in [3.05, 3.63) is 0 Å². The first kappa shape index (κ1) is 13.3. The van der Waals surface area contributed by atoms with Crippen LogP contribution in [-0.4, -0.2) is 40.4 Å². The van der Waals surface area contributed by atoms with Crippen molar-refractivity contribution in [3.63, 3.8) is 0 Å². The molecular formula is C13H24O4. The maximum absolute atomic E-state index is 10.2. The lowest BCUT2D eigenvalue weighted by molar-refractivity contribution is -0.237. The quantitative estimate of drug-likeness (QED) is 0.768. The summed E-state index contributed by atoms with van der Waals surface area (Å²) in [6.07, 6.45) is 0.149. The molecule has 0 aromatic carbocycles. The Labute approximate surface area is 103 Å². The van der Waals surface area contributed by atoms with Crippen LogP contribution in [0.4, 0.5) is 0 Å². The molecule has 0 bridgehead atoms. The first-order valence-electron chi connectivity index (χ1n) is 6.28. The maximum atomic E-state index is 10.2. The van der Waals surface area contributed by atoms with Gasteiger partial charge in [0.15, 0.2) is 5.79 Å². The number of hydrogen-bond donors (Lipinski definition) is 2. The van der Waals surface area contributed by atoms with Crippen molar-refractivity contribution in [2.24, 2.45) is 11.3 Å². The molecule has 0 aromatic heterocycles. The van der Waals surface area contributed by atoms with E-state index in [2.05, 4.69) is 6.92 Å². The predicted octanol–water partition coefficient (Wildman–Crippen LogP) is 1.30. The zero-order valence-electron chi connectivity index (χ0n) is 11.4. The molecule has 4 nitrogen and oxygen atoms in total. The van der Waals surface area contributed by atoms with Crippen LogP contribution in [-0.2, 0) is 9.47 Å². The van der Waals surface area contributed by atoms with Gasteiger partial charge < -0.3 is 19.7 Å². The van der Waals surface area contributed by atoms with Crippen LogP contribution in [0.1, 0.15) is 41.0 Å². The van der Waals surface area contributed by atoms with Gasteiger partial charge in [0.1, 0.15) is 0 Å². The second-order valence-corrected chi connectivity index (χ2v) is 6.73. The van der Waals surface area contributed by atoms with Crippen molar-refractivity contribution < 1.29 is 19.7 Å². The van der Waals surface area contributed by atoms with Gasteiger partial charge in [-0.1, -0.05) is 6.92 Å². The zero-order valence-corrected chi connectivity index (χ0v) is 11.4. The summed E-state index contributed by atoms with van der Waals surface area (Å²) in [7, 11) is 0. The summed E-state index contributed by atoms with van der Waals surface area (Å²) in [6, 6.07) is 0. The van der Waals surface area contributed by atoms with Gasteiger partial charge >= 0.3 is 0 Å². The van der Waals surface area contributed by atoms with Gasteiger partial charge in [-0.05, 0) is 34.1 Å². The minimum atomic E-state index is -0.900. The lowest BCUT2D eigenvalue weighted by atomic mass is 9.52. The van der Waals surface area contributed by atoms with Crippen molar-refractivity contribution in [2.75, 3.05) is 6.61 Å². The van der Waals surface area contributed by atoms with Crippen LogP contribution in [0, 0.1) is 11.3 Å². The summed E-state index contributed by atoms with van der Waals surface area (Å²) in [5.41, 5.74) is -1.12. The molecule has 2 N–H and O–H groups in total. The van der Waals surface area contributed by atoms with Crippen LogP contribution in [0.2, 0.25) is 0 Å². The topological polar surface area (TPSA) is 58.9 Å². The summed E-state index contributed by atoms with van der Waals surface area (Å²) >= 11 is 0. The summed E-state index contributed by atoms with van der Waals surface area (Å²) in [5, 5.41) is 20.1. The molecule has 0 amide bonds. The van der Waals surface area contributed by atoms with Crippen molar-refractivity contribution in [3.8, 4) is 0 Å². The molecule has 1 saturated heterocycles. The molecule has 1 aliphatic carbocycles. The standard InChI is InChI=1S/C13H24O4/c1-11(2,15)10-8(14)6-13(10,5)9-7-16-12(3,4)17-9/h8-10,14-15H,6-7H2,1-5H3/t8-,9+,10-,13+/m0/s1. The summed E-state index contributed by atoms with van der Waals surface area (Å²) < 4.78 is 11.5. The monoisotopic (exact) mass is 244 g/mol. The number of ether oxygens (including phenoxy) is 2. The highest BCUT2D eigenvalue weighted by Crippen LogP contribution is 2.56. The molecule has 0 unspecified atom stereocenters. The third-order valence-corrected chi connectivity index (χ3v) is 4.25. The van der Waals surface area contributed by atoms with E-state index in [1.807, 2.05) is 13.8 Å². The van der Waals surface area contributed by atoms with Gasteiger partial charge in [0.2, 0.25) is 0 Å². The molecule has 1 aliphatic heterocycles. The van der Waals surface area contributed by atoms with Crippen LogP contribution >= 0.6 is 0 Å². The lowest BCUT2D eigenvalue weighted by Gasteiger charge is -2.57. The smallest absolute Gasteiger partial charge is 0.163 e. The number of rotatable bonds is 2. The molecule has 0 radical (unpaired) electrons. The molecule has 0 aromatic rings. The van der Waals surface area contributed by atoms with Crippen molar-refractivity contribution in [2.45, 2.75) is 64.6 Å². The molecule has 17 heavy (non-hydrogen) atoms. The highest BCUT2D eigenvalue weighted by atomic mass is 16.7. The van der Waals surface area contributed by atoms with E-state index in [1.54, 1.807) is 13.8 Å². The highest BCUT2D eigenvalue weighted by Gasteiger charge is 2.62. The van der Waals surface area contributed by atoms with E-state index in [1.165, 1.54) is 0 Å². The van der Waals surface area contributed by atoms with Gasteiger partial charge in [0.25, 0.3) is 0 Å². The maximum Gasteiger partial charge on any atom is 0.163 e. The third-order valence-electron chi connectivity index (χ3n) is 4.25. The molecule has 4 heteroatoms. The predicted molar refractivity (Wildman–Crippen MR) is 63.4 cm³/mol. The van der Waals surface area contributed by atoms with E-state index in [0.29, 0.717) is 13.0 Å². The Bertz CT molecular complexity index is 307. The largest absolute Gasteiger partial charge is 0.393 e. The molecule has 100 valence electrons. The van der Waals surface area contributed by atoms with Gasteiger partial charge in [0, 0.05) is 11.3 Å². The fourth-order valence-corrected chi connectivity index (χ4v) is 3.60. The van der Waals surface area contributed by atoms with Gasteiger partial charge in [0.05, 0.1) is 24.4 Å². The SMILES string of the molecule is CC1(C)OC[C@H]([C@@]2(C)C[C@H](O)[C@H]2C(C)(C)O)O1. The van der Waals surface area contributed by atoms with Crippen LogP contribution in [0.25, 0.3) is 0 Å². The van der Waals surface area contributed by atoms with Crippen LogP contribution < -0.4 is 0 Å². The fraction of sp³-hybridized carbons (Fsp3) is 1.00. The van der Waals surface area contributed by atoms with Gasteiger partial charge in [-0.25, -0.2) is 0 Å². The van der Waals surface area contributed by atoms with Gasteiger partial charge in [-0.3, -0.25) is 0 Å². The van der Waals surface area contributed by atoms with Crippen LogP contribution in [0.15, 0.2) is 0 Å². The van der Waals surface area contributed by atoms with E-state index in [4.69, 9.17) is 9.47 Å².